The Balaban J connectivity index is 2.16. The minimum Gasteiger partial charge on any atom is -0.305 e. The van der Waals surface area contributed by atoms with Crippen molar-refractivity contribution in [3.05, 3.63) is 64.2 Å². The molecule has 0 N–H and O–H groups in total. The fourth-order valence-corrected chi connectivity index (χ4v) is 3.41. The van der Waals surface area contributed by atoms with Gasteiger partial charge in [-0.25, -0.2) is 4.39 Å². The van der Waals surface area contributed by atoms with Crippen LogP contribution in [0, 0.1) is 25.1 Å². The predicted molar refractivity (Wildman–Crippen MR) is 89.7 cm³/mol. The number of hydrogen-bond donors (Lipinski definition) is 0. The SMILES string of the molecule is C#CCn1c(=NC(=O)c2cccc(F)c2)sc2cc(C)ccc21. The molecule has 114 valence electrons. The van der Waals surface area contributed by atoms with Crippen molar-refractivity contribution in [3.8, 4) is 12.3 Å². The highest BCUT2D eigenvalue weighted by atomic mass is 32.1. The fourth-order valence-electron chi connectivity index (χ4n) is 2.28. The van der Waals surface area contributed by atoms with Crippen molar-refractivity contribution >= 4 is 27.5 Å². The zero-order chi connectivity index (χ0) is 16.4. The number of carbonyl (C=O) groups is 1. The van der Waals surface area contributed by atoms with Crippen LogP contribution in [0.5, 0.6) is 0 Å². The first kappa shape index (κ1) is 15.2. The van der Waals surface area contributed by atoms with Crippen molar-refractivity contribution in [3.63, 3.8) is 0 Å². The molecule has 23 heavy (non-hydrogen) atoms. The third-order valence-corrected chi connectivity index (χ3v) is 4.40. The summed E-state index contributed by atoms with van der Waals surface area (Å²) in [5, 5.41) is 0. The number of thiazole rings is 1. The molecule has 0 bridgehead atoms. The molecule has 0 radical (unpaired) electrons. The number of halogens is 1. The number of fused-ring (bicyclic) bond motifs is 1. The molecule has 3 nitrogen and oxygen atoms in total. The van der Waals surface area contributed by atoms with Crippen LogP contribution in [0.1, 0.15) is 15.9 Å². The van der Waals surface area contributed by atoms with Gasteiger partial charge in [-0.1, -0.05) is 29.4 Å². The molecule has 0 atom stereocenters. The second-order valence-electron chi connectivity index (χ2n) is 5.07. The summed E-state index contributed by atoms with van der Waals surface area (Å²) < 4.78 is 16.1. The lowest BCUT2D eigenvalue weighted by Crippen LogP contribution is -2.16. The van der Waals surface area contributed by atoms with E-state index in [0.29, 0.717) is 11.3 Å². The molecular weight excluding hydrogens is 311 g/mol. The summed E-state index contributed by atoms with van der Waals surface area (Å²) in [7, 11) is 0. The van der Waals surface area contributed by atoms with Gasteiger partial charge in [-0.2, -0.15) is 4.99 Å². The van der Waals surface area contributed by atoms with E-state index in [1.54, 1.807) is 0 Å². The van der Waals surface area contributed by atoms with Gasteiger partial charge in [-0.3, -0.25) is 4.79 Å². The Morgan fingerprint density at radius 3 is 2.91 bits per heavy atom. The van der Waals surface area contributed by atoms with Gasteiger partial charge >= 0.3 is 0 Å². The number of hydrogen-bond acceptors (Lipinski definition) is 2. The van der Waals surface area contributed by atoms with Gasteiger partial charge < -0.3 is 4.57 Å². The minimum atomic E-state index is -0.487. The van der Waals surface area contributed by atoms with Crippen molar-refractivity contribution in [1.82, 2.24) is 4.57 Å². The summed E-state index contributed by atoms with van der Waals surface area (Å²) in [4.78, 5) is 16.9. The first-order valence-corrected chi connectivity index (χ1v) is 7.78. The van der Waals surface area contributed by atoms with Gasteiger partial charge in [0, 0.05) is 5.56 Å². The van der Waals surface area contributed by atoms with Crippen LogP contribution in [0.4, 0.5) is 4.39 Å². The largest absolute Gasteiger partial charge is 0.305 e. The molecule has 3 rings (SSSR count). The molecule has 0 aliphatic rings. The number of aryl methyl sites for hydroxylation is 1. The molecule has 0 unspecified atom stereocenters. The fraction of sp³-hybridized carbons (Fsp3) is 0.111. The Morgan fingerprint density at radius 1 is 1.35 bits per heavy atom. The molecule has 1 aromatic heterocycles. The quantitative estimate of drug-likeness (QED) is 0.664. The summed E-state index contributed by atoms with van der Waals surface area (Å²) in [6, 6.07) is 11.5. The molecule has 0 aliphatic carbocycles. The van der Waals surface area contributed by atoms with E-state index < -0.39 is 11.7 Å². The maximum atomic E-state index is 13.3. The normalized spacial score (nSPS) is 11.6. The third-order valence-electron chi connectivity index (χ3n) is 3.36. The summed E-state index contributed by atoms with van der Waals surface area (Å²) in [6.07, 6.45) is 5.43. The van der Waals surface area contributed by atoms with Crippen molar-refractivity contribution in [2.75, 3.05) is 0 Å². The van der Waals surface area contributed by atoms with E-state index >= 15 is 0 Å². The van der Waals surface area contributed by atoms with Gasteiger partial charge in [0.15, 0.2) is 4.80 Å². The van der Waals surface area contributed by atoms with Crippen LogP contribution >= 0.6 is 11.3 Å². The van der Waals surface area contributed by atoms with Gasteiger partial charge in [-0.05, 0) is 42.8 Å². The van der Waals surface area contributed by atoms with Crippen LogP contribution in [-0.2, 0) is 6.54 Å². The van der Waals surface area contributed by atoms with Crippen LogP contribution in [0.25, 0.3) is 10.2 Å². The van der Waals surface area contributed by atoms with Crippen LogP contribution in [-0.4, -0.2) is 10.5 Å². The van der Waals surface area contributed by atoms with E-state index in [9.17, 15) is 9.18 Å². The molecule has 1 heterocycles. The Morgan fingerprint density at radius 2 is 2.17 bits per heavy atom. The van der Waals surface area contributed by atoms with Gasteiger partial charge in [0.05, 0.1) is 16.8 Å². The summed E-state index contributed by atoms with van der Waals surface area (Å²) in [5.41, 5.74) is 2.27. The van der Waals surface area contributed by atoms with E-state index in [-0.39, 0.29) is 5.56 Å². The van der Waals surface area contributed by atoms with Crippen molar-refractivity contribution in [2.45, 2.75) is 13.5 Å². The lowest BCUT2D eigenvalue weighted by atomic mass is 10.2. The number of carbonyl (C=O) groups excluding carboxylic acids is 1. The van der Waals surface area contributed by atoms with Gasteiger partial charge in [0.25, 0.3) is 5.91 Å². The standard InChI is InChI=1S/C18H13FN2OS/c1-3-9-21-15-8-7-12(2)10-16(15)23-18(21)20-17(22)13-5-4-6-14(19)11-13/h1,4-8,10-11H,9H2,2H3. The Hall–Kier alpha value is -2.71. The number of rotatable bonds is 2. The highest BCUT2D eigenvalue weighted by molar-refractivity contribution is 7.16. The predicted octanol–water partition coefficient (Wildman–Crippen LogP) is 3.52. The maximum Gasteiger partial charge on any atom is 0.279 e. The first-order valence-electron chi connectivity index (χ1n) is 6.96. The molecule has 0 spiro atoms. The molecule has 0 saturated carbocycles. The molecule has 2 aromatic carbocycles. The first-order chi connectivity index (χ1) is 11.1. The zero-order valence-corrected chi connectivity index (χ0v) is 13.2. The molecule has 0 aliphatic heterocycles. The van der Waals surface area contributed by atoms with Crippen LogP contribution in [0.2, 0.25) is 0 Å². The smallest absolute Gasteiger partial charge is 0.279 e. The van der Waals surface area contributed by atoms with E-state index in [4.69, 9.17) is 6.42 Å². The van der Waals surface area contributed by atoms with E-state index in [1.807, 2.05) is 29.7 Å². The molecule has 5 heteroatoms. The zero-order valence-electron chi connectivity index (χ0n) is 12.4. The van der Waals surface area contributed by atoms with Gasteiger partial charge in [0.1, 0.15) is 5.82 Å². The van der Waals surface area contributed by atoms with E-state index in [2.05, 4.69) is 10.9 Å². The monoisotopic (exact) mass is 324 g/mol. The molecule has 3 aromatic rings. The van der Waals surface area contributed by atoms with E-state index in [1.165, 1.54) is 35.6 Å². The van der Waals surface area contributed by atoms with Crippen molar-refractivity contribution in [2.24, 2.45) is 4.99 Å². The van der Waals surface area contributed by atoms with Crippen LogP contribution in [0.3, 0.4) is 0 Å². The number of aromatic nitrogens is 1. The maximum absolute atomic E-state index is 13.3. The summed E-state index contributed by atoms with van der Waals surface area (Å²) in [6.45, 7) is 2.32. The average Bonchev–Trinajstić information content (AvgIpc) is 2.84. The average molecular weight is 324 g/mol. The lowest BCUT2D eigenvalue weighted by molar-refractivity contribution is 0.0997. The van der Waals surface area contributed by atoms with E-state index in [0.717, 1.165) is 15.8 Å². The Kier molecular flexibility index (Phi) is 4.09. The van der Waals surface area contributed by atoms with Gasteiger partial charge in [0.2, 0.25) is 0 Å². The topological polar surface area (TPSA) is 34.4 Å². The highest BCUT2D eigenvalue weighted by Crippen LogP contribution is 2.19. The lowest BCUT2D eigenvalue weighted by Gasteiger charge is -2.00. The number of nitrogens with zero attached hydrogens (tertiary/aromatic N) is 2. The number of terminal acetylenes is 1. The molecule has 0 fully saturated rings. The molecular formula is C18H13FN2OS. The Bertz CT molecular complexity index is 1010. The molecule has 1 amide bonds. The second-order valence-corrected chi connectivity index (χ2v) is 6.08. The van der Waals surface area contributed by atoms with Crippen LogP contribution in [0.15, 0.2) is 47.5 Å². The Labute approximate surface area is 136 Å². The molecule has 0 saturated heterocycles. The minimum absolute atomic E-state index is 0.214. The van der Waals surface area contributed by atoms with Crippen molar-refractivity contribution < 1.29 is 9.18 Å². The van der Waals surface area contributed by atoms with Crippen LogP contribution < -0.4 is 4.80 Å². The third kappa shape index (κ3) is 3.08. The number of benzene rings is 2. The van der Waals surface area contributed by atoms with Crippen molar-refractivity contribution in [1.29, 1.82) is 0 Å². The summed E-state index contributed by atoms with van der Waals surface area (Å²) in [5.74, 6) is 1.63. The summed E-state index contributed by atoms with van der Waals surface area (Å²) >= 11 is 1.39. The number of amides is 1. The second kappa shape index (κ2) is 6.19. The highest BCUT2D eigenvalue weighted by Gasteiger charge is 2.09. The van der Waals surface area contributed by atoms with Gasteiger partial charge in [-0.15, -0.1) is 6.42 Å².